The second kappa shape index (κ2) is 8.29. The first kappa shape index (κ1) is 19.7. The zero-order valence-electron chi connectivity index (χ0n) is 15.0. The van der Waals surface area contributed by atoms with E-state index < -0.39 is 0 Å². The van der Waals surface area contributed by atoms with Gasteiger partial charge in [-0.15, -0.1) is 0 Å². The number of nitrogens with zero attached hydrogens (tertiary/aromatic N) is 1. The van der Waals surface area contributed by atoms with E-state index in [1.807, 2.05) is 19.9 Å². The van der Waals surface area contributed by atoms with Gasteiger partial charge in [0.15, 0.2) is 4.83 Å². The minimum Gasteiger partial charge on any atom is -0.325 e. The summed E-state index contributed by atoms with van der Waals surface area (Å²) < 4.78 is 1.60. The van der Waals surface area contributed by atoms with E-state index in [2.05, 4.69) is 16.9 Å². The van der Waals surface area contributed by atoms with E-state index in [4.69, 9.17) is 11.6 Å². The van der Waals surface area contributed by atoms with E-state index in [0.717, 1.165) is 21.0 Å². The third kappa shape index (κ3) is 4.43. The number of amides is 1. The number of aromatic nitrogens is 2. The Morgan fingerprint density at radius 3 is 2.89 bits per heavy atom. The van der Waals surface area contributed by atoms with Gasteiger partial charge < -0.3 is 5.32 Å². The van der Waals surface area contributed by atoms with Crippen molar-refractivity contribution in [3.63, 3.8) is 0 Å². The van der Waals surface area contributed by atoms with Crippen molar-refractivity contribution < 1.29 is 9.78 Å². The van der Waals surface area contributed by atoms with Gasteiger partial charge in [0, 0.05) is 15.6 Å². The summed E-state index contributed by atoms with van der Waals surface area (Å²) in [5.74, 6) is 0.0178. The second-order valence-electron chi connectivity index (χ2n) is 6.03. The summed E-state index contributed by atoms with van der Waals surface area (Å²) in [5, 5.41) is 4.80. The molecule has 0 saturated heterocycles. The molecule has 1 aromatic carbocycles. The van der Waals surface area contributed by atoms with Crippen LogP contribution in [0.5, 0.6) is 0 Å². The summed E-state index contributed by atoms with van der Waals surface area (Å²) in [6, 6.07) is 7.19. The Labute approximate surface area is 170 Å². The van der Waals surface area contributed by atoms with Gasteiger partial charge in [-0.05, 0) is 55.4 Å². The van der Waals surface area contributed by atoms with Crippen molar-refractivity contribution in [3.05, 3.63) is 62.7 Å². The van der Waals surface area contributed by atoms with Gasteiger partial charge in [-0.3, -0.25) is 4.79 Å². The highest BCUT2D eigenvalue weighted by Gasteiger charge is 2.20. The van der Waals surface area contributed by atoms with Crippen molar-refractivity contribution in [1.82, 2.24) is 4.57 Å². The van der Waals surface area contributed by atoms with Gasteiger partial charge in [-0.25, -0.2) is 9.78 Å². The standard InChI is InChI=1S/C19H18ClN3O2S2/c1-4-7-23-18(25)14-9-12(3)27-17(14)22-19(23)26-10-16(24)21-15-6-5-13(20)8-11(15)2/h4-6,8-9H,1,7,10H2,2-3H3,(H,21,24)/p+1. The lowest BCUT2D eigenvalue weighted by molar-refractivity contribution is -0.404. The number of hydrogen-bond acceptors (Lipinski definition) is 4. The maximum Gasteiger partial charge on any atom is 0.347 e. The van der Waals surface area contributed by atoms with Gasteiger partial charge in [0.2, 0.25) is 5.91 Å². The number of nitrogens with one attached hydrogen (secondary N) is 2. The van der Waals surface area contributed by atoms with E-state index in [0.29, 0.717) is 22.1 Å². The first-order valence-corrected chi connectivity index (χ1v) is 10.4. The van der Waals surface area contributed by atoms with Crippen LogP contribution < -0.4 is 15.9 Å². The molecule has 1 amide bonds. The maximum absolute atomic E-state index is 12.7. The Kier molecular flexibility index (Phi) is 6.04. The molecular formula is C19H19ClN3O2S2+. The van der Waals surface area contributed by atoms with Crippen molar-refractivity contribution in [1.29, 1.82) is 0 Å². The second-order valence-corrected chi connectivity index (χ2v) is 8.69. The largest absolute Gasteiger partial charge is 0.347 e. The minimum atomic E-state index is -0.154. The minimum absolute atomic E-state index is 0.0792. The predicted octanol–water partition coefficient (Wildman–Crippen LogP) is 4.06. The Hall–Kier alpha value is -2.09. The Balaban J connectivity index is 1.81. The molecule has 0 aliphatic rings. The molecule has 0 saturated carbocycles. The van der Waals surface area contributed by atoms with Crippen molar-refractivity contribution in [2.24, 2.45) is 0 Å². The van der Waals surface area contributed by atoms with Crippen molar-refractivity contribution in [2.75, 3.05) is 11.1 Å². The molecule has 27 heavy (non-hydrogen) atoms. The number of fused-ring (bicyclic) bond motifs is 1. The van der Waals surface area contributed by atoms with Crippen LogP contribution in [0.3, 0.4) is 0 Å². The molecule has 0 spiro atoms. The molecule has 0 aliphatic heterocycles. The fraction of sp³-hybridized carbons (Fsp3) is 0.211. The molecule has 0 aliphatic carbocycles. The summed E-state index contributed by atoms with van der Waals surface area (Å²) in [5.41, 5.74) is 1.54. The van der Waals surface area contributed by atoms with E-state index in [-0.39, 0.29) is 17.2 Å². The maximum atomic E-state index is 12.7. The van der Waals surface area contributed by atoms with Crippen LogP contribution in [0.25, 0.3) is 10.2 Å². The van der Waals surface area contributed by atoms with Crippen LogP contribution in [0.4, 0.5) is 5.69 Å². The lowest BCUT2D eigenvalue weighted by Gasteiger charge is -2.08. The van der Waals surface area contributed by atoms with Gasteiger partial charge in [0.1, 0.15) is 11.9 Å². The van der Waals surface area contributed by atoms with Gasteiger partial charge in [-0.2, -0.15) is 4.57 Å². The molecule has 0 bridgehead atoms. The van der Waals surface area contributed by atoms with Gasteiger partial charge >= 0.3 is 10.7 Å². The lowest BCUT2D eigenvalue weighted by Crippen LogP contribution is -2.29. The molecule has 3 rings (SSSR count). The number of thiophene rings is 1. The molecule has 0 radical (unpaired) electrons. The number of anilines is 1. The summed E-state index contributed by atoms with van der Waals surface area (Å²) in [4.78, 5) is 30.3. The first-order valence-electron chi connectivity index (χ1n) is 8.25. The van der Waals surface area contributed by atoms with Crippen molar-refractivity contribution >= 4 is 56.5 Å². The Morgan fingerprint density at radius 2 is 2.19 bits per heavy atom. The topological polar surface area (TPSA) is 65.2 Å². The Bertz CT molecular complexity index is 1090. The summed E-state index contributed by atoms with van der Waals surface area (Å²) >= 11 is 8.76. The normalized spacial score (nSPS) is 10.9. The van der Waals surface area contributed by atoms with Gasteiger partial charge in [0.05, 0.1) is 5.75 Å². The number of benzene rings is 1. The SMILES string of the molecule is C=CCn1c(SCC(=O)Nc2ccc(Cl)cc2C)[nH+]c2sc(C)cc2c1=O. The molecule has 5 nitrogen and oxygen atoms in total. The van der Waals surface area contributed by atoms with Crippen molar-refractivity contribution in [3.8, 4) is 0 Å². The summed E-state index contributed by atoms with van der Waals surface area (Å²) in [7, 11) is 0. The third-order valence-electron chi connectivity index (χ3n) is 3.91. The summed E-state index contributed by atoms with van der Waals surface area (Å²) in [6.45, 7) is 7.95. The fourth-order valence-corrected chi connectivity index (χ4v) is 4.69. The third-order valence-corrected chi connectivity index (χ3v) is 6.11. The number of aryl methyl sites for hydroxylation is 2. The van der Waals surface area contributed by atoms with E-state index in [9.17, 15) is 9.59 Å². The number of rotatable bonds is 6. The fourth-order valence-electron chi connectivity index (χ4n) is 2.66. The summed E-state index contributed by atoms with van der Waals surface area (Å²) in [6.07, 6.45) is 1.67. The van der Waals surface area contributed by atoms with Crippen LogP contribution in [0.2, 0.25) is 5.02 Å². The number of allylic oxidation sites excluding steroid dienone is 1. The zero-order chi connectivity index (χ0) is 19.6. The van der Waals surface area contributed by atoms with Crippen molar-refractivity contribution in [2.45, 2.75) is 25.5 Å². The van der Waals surface area contributed by atoms with E-state index >= 15 is 0 Å². The number of aromatic amines is 1. The number of halogens is 1. The average Bonchev–Trinajstić information content (AvgIpc) is 2.99. The van der Waals surface area contributed by atoms with Gasteiger partial charge in [0.25, 0.3) is 0 Å². The van der Waals surface area contributed by atoms with Crippen LogP contribution >= 0.6 is 34.7 Å². The van der Waals surface area contributed by atoms with Crippen LogP contribution in [-0.2, 0) is 11.3 Å². The molecule has 0 atom stereocenters. The lowest BCUT2D eigenvalue weighted by atomic mass is 10.2. The number of thioether (sulfide) groups is 1. The monoisotopic (exact) mass is 420 g/mol. The first-order chi connectivity index (χ1) is 12.9. The van der Waals surface area contributed by atoms with Crippen LogP contribution in [0, 0.1) is 13.8 Å². The predicted molar refractivity (Wildman–Crippen MR) is 113 cm³/mol. The molecule has 8 heteroatoms. The number of H-pyrrole nitrogens is 1. The molecule has 2 aromatic heterocycles. The number of hydrogen-bond donors (Lipinski definition) is 1. The van der Waals surface area contributed by atoms with E-state index in [1.165, 1.54) is 23.1 Å². The van der Waals surface area contributed by atoms with E-state index in [1.54, 1.807) is 28.8 Å². The molecule has 0 fully saturated rings. The highest BCUT2D eigenvalue weighted by molar-refractivity contribution is 7.99. The molecule has 2 heterocycles. The Morgan fingerprint density at radius 1 is 1.41 bits per heavy atom. The number of carbonyl (C=O) groups is 1. The molecular weight excluding hydrogens is 402 g/mol. The molecule has 0 unspecified atom stereocenters. The highest BCUT2D eigenvalue weighted by atomic mass is 35.5. The highest BCUT2D eigenvalue weighted by Crippen LogP contribution is 2.22. The van der Waals surface area contributed by atoms with Gasteiger partial charge in [-0.1, -0.05) is 35.6 Å². The smallest absolute Gasteiger partial charge is 0.325 e. The molecule has 2 N–H and O–H groups in total. The zero-order valence-corrected chi connectivity index (χ0v) is 17.4. The van der Waals surface area contributed by atoms with Crippen LogP contribution in [-0.4, -0.2) is 16.2 Å². The molecule has 3 aromatic rings. The average molecular weight is 421 g/mol. The number of carbonyl (C=O) groups excluding carboxylic acids is 1. The van der Waals surface area contributed by atoms with Crippen LogP contribution in [0.15, 0.2) is 46.9 Å². The quantitative estimate of drug-likeness (QED) is 0.371. The molecule has 140 valence electrons. The van der Waals surface area contributed by atoms with Crippen LogP contribution in [0.1, 0.15) is 10.4 Å².